The molecule has 1 aliphatic heterocycles. The molecule has 0 saturated carbocycles. The van der Waals surface area contributed by atoms with Crippen molar-refractivity contribution in [2.75, 3.05) is 29.9 Å². The maximum absolute atomic E-state index is 12.6. The van der Waals surface area contributed by atoms with Crippen molar-refractivity contribution in [1.82, 2.24) is 9.88 Å². The molecule has 27 heavy (non-hydrogen) atoms. The first kappa shape index (κ1) is 18.9. The first-order valence-electron chi connectivity index (χ1n) is 9.44. The van der Waals surface area contributed by atoms with Crippen LogP contribution in [0, 0.1) is 5.92 Å². The van der Waals surface area contributed by atoms with E-state index in [0.717, 1.165) is 30.2 Å². The first-order valence-corrected chi connectivity index (χ1v) is 9.44. The van der Waals surface area contributed by atoms with E-state index in [9.17, 15) is 9.59 Å². The van der Waals surface area contributed by atoms with Gasteiger partial charge >= 0.3 is 0 Å². The molecule has 2 heterocycles. The maximum Gasteiger partial charge on any atom is 0.229 e. The minimum absolute atomic E-state index is 0.00214. The number of hydrogen-bond acceptors (Lipinski definition) is 4. The highest BCUT2D eigenvalue weighted by molar-refractivity contribution is 5.97. The number of aromatic nitrogens is 1. The number of carbonyl (C=O) groups is 2. The number of likely N-dealkylation sites (tertiary alicyclic amines) is 1. The minimum atomic E-state index is -0.330. The molecule has 1 saturated heterocycles. The molecule has 0 radical (unpaired) electrons. The van der Waals surface area contributed by atoms with Crippen LogP contribution >= 0.6 is 0 Å². The van der Waals surface area contributed by atoms with Gasteiger partial charge in [0.2, 0.25) is 11.8 Å². The number of amides is 2. The van der Waals surface area contributed by atoms with Crippen molar-refractivity contribution in [2.45, 2.75) is 26.8 Å². The second kappa shape index (κ2) is 8.66. The van der Waals surface area contributed by atoms with Crippen molar-refractivity contribution in [3.05, 3.63) is 54.4 Å². The van der Waals surface area contributed by atoms with Crippen LogP contribution in [0.2, 0.25) is 0 Å². The second-order valence-corrected chi connectivity index (χ2v) is 6.70. The second-order valence-electron chi connectivity index (χ2n) is 6.70. The third-order valence-electron chi connectivity index (χ3n) is 4.93. The fraction of sp³-hybridized carbons (Fsp3) is 0.381. The van der Waals surface area contributed by atoms with Crippen LogP contribution in [0.15, 0.2) is 48.7 Å². The molecule has 1 aromatic carbocycles. The molecule has 0 bridgehead atoms. The molecule has 1 aliphatic rings. The quantitative estimate of drug-likeness (QED) is 0.818. The monoisotopic (exact) mass is 366 g/mol. The molecule has 6 heteroatoms. The van der Waals surface area contributed by atoms with E-state index in [4.69, 9.17) is 0 Å². The fourth-order valence-corrected chi connectivity index (χ4v) is 3.38. The molecule has 1 unspecified atom stereocenters. The van der Waals surface area contributed by atoms with Gasteiger partial charge in [-0.1, -0.05) is 6.07 Å². The zero-order valence-corrected chi connectivity index (χ0v) is 15.9. The number of rotatable bonds is 7. The summed E-state index contributed by atoms with van der Waals surface area (Å²) in [6.07, 6.45) is 1.96. The number of carbonyl (C=O) groups excluding carboxylic acids is 2. The van der Waals surface area contributed by atoms with Crippen molar-refractivity contribution in [1.29, 1.82) is 0 Å². The van der Waals surface area contributed by atoms with Crippen LogP contribution in [0.3, 0.4) is 0 Å². The van der Waals surface area contributed by atoms with Gasteiger partial charge in [-0.15, -0.1) is 0 Å². The van der Waals surface area contributed by atoms with Gasteiger partial charge in [-0.2, -0.15) is 0 Å². The highest BCUT2D eigenvalue weighted by Crippen LogP contribution is 2.23. The number of hydrogen-bond donors (Lipinski definition) is 1. The standard InChI is InChI=1S/C21H26N4O2/c1-3-24(4-2)19-10-8-17(9-11-19)23-21(27)16-13-20(26)25(14-16)15-18-7-5-6-12-22-18/h5-12,16H,3-4,13-15H2,1-2H3,(H,23,27). The molecule has 2 amide bonds. The van der Waals surface area contributed by atoms with Gasteiger partial charge in [0.1, 0.15) is 0 Å². The van der Waals surface area contributed by atoms with E-state index in [1.165, 1.54) is 0 Å². The summed E-state index contributed by atoms with van der Waals surface area (Å²) in [5.41, 5.74) is 2.72. The summed E-state index contributed by atoms with van der Waals surface area (Å²) >= 11 is 0. The highest BCUT2D eigenvalue weighted by Gasteiger charge is 2.34. The third-order valence-corrected chi connectivity index (χ3v) is 4.93. The summed E-state index contributed by atoms with van der Waals surface area (Å²) < 4.78 is 0. The molecular weight excluding hydrogens is 340 g/mol. The average Bonchev–Trinajstić information content (AvgIpc) is 3.05. The maximum atomic E-state index is 12.6. The number of nitrogens with one attached hydrogen (secondary N) is 1. The van der Waals surface area contributed by atoms with Crippen molar-refractivity contribution < 1.29 is 9.59 Å². The van der Waals surface area contributed by atoms with E-state index >= 15 is 0 Å². The molecule has 6 nitrogen and oxygen atoms in total. The van der Waals surface area contributed by atoms with E-state index in [1.54, 1.807) is 11.1 Å². The van der Waals surface area contributed by atoms with Crippen LogP contribution in [0.1, 0.15) is 26.0 Å². The molecule has 1 fully saturated rings. The Morgan fingerprint density at radius 2 is 1.93 bits per heavy atom. The Kier molecular flexibility index (Phi) is 6.06. The topological polar surface area (TPSA) is 65.5 Å². The summed E-state index contributed by atoms with van der Waals surface area (Å²) in [7, 11) is 0. The lowest BCUT2D eigenvalue weighted by molar-refractivity contribution is -0.128. The number of pyridine rings is 1. The summed E-state index contributed by atoms with van der Waals surface area (Å²) in [4.78, 5) is 33.0. The summed E-state index contributed by atoms with van der Waals surface area (Å²) in [6, 6.07) is 13.5. The Bertz CT molecular complexity index is 773. The summed E-state index contributed by atoms with van der Waals surface area (Å²) in [5, 5.41) is 2.94. The first-order chi connectivity index (χ1) is 13.1. The molecule has 1 atom stereocenters. The van der Waals surface area contributed by atoms with Gasteiger partial charge in [-0.3, -0.25) is 14.6 Å². The Labute approximate surface area is 160 Å². The Hall–Kier alpha value is -2.89. The van der Waals surface area contributed by atoms with Crippen LogP contribution in [-0.2, 0) is 16.1 Å². The van der Waals surface area contributed by atoms with Crippen LogP contribution < -0.4 is 10.2 Å². The smallest absolute Gasteiger partial charge is 0.229 e. The van der Waals surface area contributed by atoms with Gasteiger partial charge in [0, 0.05) is 43.6 Å². The lowest BCUT2D eigenvalue weighted by Gasteiger charge is -2.21. The molecule has 142 valence electrons. The van der Waals surface area contributed by atoms with Gasteiger partial charge in [0.25, 0.3) is 0 Å². The van der Waals surface area contributed by atoms with Crippen LogP contribution in [-0.4, -0.2) is 41.3 Å². The van der Waals surface area contributed by atoms with Gasteiger partial charge in [0.15, 0.2) is 0 Å². The zero-order chi connectivity index (χ0) is 19.2. The van der Waals surface area contributed by atoms with Crippen LogP contribution in [0.25, 0.3) is 0 Å². The number of benzene rings is 1. The Morgan fingerprint density at radius 1 is 1.19 bits per heavy atom. The van der Waals surface area contributed by atoms with Crippen molar-refractivity contribution >= 4 is 23.2 Å². The average molecular weight is 366 g/mol. The van der Waals surface area contributed by atoms with Gasteiger partial charge in [-0.25, -0.2) is 0 Å². The van der Waals surface area contributed by atoms with E-state index in [1.807, 2.05) is 42.5 Å². The number of nitrogens with zero attached hydrogens (tertiary/aromatic N) is 3. The van der Waals surface area contributed by atoms with Crippen molar-refractivity contribution in [3.8, 4) is 0 Å². The third kappa shape index (κ3) is 4.64. The highest BCUT2D eigenvalue weighted by atomic mass is 16.2. The van der Waals surface area contributed by atoms with E-state index in [-0.39, 0.29) is 24.2 Å². The summed E-state index contributed by atoms with van der Waals surface area (Å²) in [6.45, 7) is 7.00. The van der Waals surface area contributed by atoms with Gasteiger partial charge in [0.05, 0.1) is 18.2 Å². The molecular formula is C21H26N4O2. The molecule has 0 aliphatic carbocycles. The molecule has 1 aromatic heterocycles. The Morgan fingerprint density at radius 3 is 2.56 bits per heavy atom. The molecule has 1 N–H and O–H groups in total. The van der Waals surface area contributed by atoms with Gasteiger partial charge < -0.3 is 15.1 Å². The summed E-state index contributed by atoms with van der Waals surface area (Å²) in [5.74, 6) is -0.441. The number of anilines is 2. The largest absolute Gasteiger partial charge is 0.372 e. The normalized spacial score (nSPS) is 16.4. The lowest BCUT2D eigenvalue weighted by Crippen LogP contribution is -2.28. The minimum Gasteiger partial charge on any atom is -0.372 e. The zero-order valence-electron chi connectivity index (χ0n) is 15.9. The van der Waals surface area contributed by atoms with E-state index in [2.05, 4.69) is 29.0 Å². The lowest BCUT2D eigenvalue weighted by atomic mass is 10.1. The fourth-order valence-electron chi connectivity index (χ4n) is 3.38. The van der Waals surface area contributed by atoms with Gasteiger partial charge in [-0.05, 0) is 50.2 Å². The van der Waals surface area contributed by atoms with E-state index in [0.29, 0.717) is 13.1 Å². The van der Waals surface area contributed by atoms with E-state index < -0.39 is 0 Å². The molecule has 3 rings (SSSR count). The SMILES string of the molecule is CCN(CC)c1ccc(NC(=O)C2CC(=O)N(Cc3ccccn3)C2)cc1. The van der Waals surface area contributed by atoms with Crippen LogP contribution in [0.5, 0.6) is 0 Å². The van der Waals surface area contributed by atoms with Crippen molar-refractivity contribution in [3.63, 3.8) is 0 Å². The van der Waals surface area contributed by atoms with Crippen molar-refractivity contribution in [2.24, 2.45) is 5.92 Å². The van der Waals surface area contributed by atoms with Crippen LogP contribution in [0.4, 0.5) is 11.4 Å². The Balaban J connectivity index is 1.57. The predicted molar refractivity (Wildman–Crippen MR) is 106 cm³/mol. The molecule has 0 spiro atoms. The molecule has 2 aromatic rings. The predicted octanol–water partition coefficient (Wildman–Crippen LogP) is 2.92.